The predicted molar refractivity (Wildman–Crippen MR) is 76.1 cm³/mol. The third-order valence-electron chi connectivity index (χ3n) is 3.68. The van der Waals surface area contributed by atoms with E-state index < -0.39 is 0 Å². The summed E-state index contributed by atoms with van der Waals surface area (Å²) in [5.74, 6) is -0.378. The van der Waals surface area contributed by atoms with E-state index in [2.05, 4.69) is 15.0 Å². The highest BCUT2D eigenvalue weighted by atomic mass is 19.1. The largest absolute Gasteiger partial charge is 0.469 e. The summed E-state index contributed by atoms with van der Waals surface area (Å²) in [7, 11) is 1.41. The van der Waals surface area contributed by atoms with Crippen molar-refractivity contribution in [2.24, 2.45) is 0 Å². The summed E-state index contributed by atoms with van der Waals surface area (Å²) in [5.41, 5.74) is 0.570. The predicted octanol–water partition coefficient (Wildman–Crippen LogP) is 2.27. The molecule has 0 atom stereocenters. The minimum atomic E-state index is -0.208. The number of methoxy groups -OCH3 is 1. The molecule has 0 unspecified atom stereocenters. The Morgan fingerprint density at radius 2 is 2.10 bits per heavy atom. The van der Waals surface area contributed by atoms with Crippen LogP contribution in [0.15, 0.2) is 24.3 Å². The summed E-state index contributed by atoms with van der Waals surface area (Å²) in [6.45, 7) is 2.57. The molecule has 2 rings (SSSR count). The molecule has 0 saturated carbocycles. The van der Waals surface area contributed by atoms with Crippen LogP contribution in [0.1, 0.15) is 19.3 Å². The first-order valence-electron chi connectivity index (χ1n) is 6.99. The molecule has 0 amide bonds. The molecule has 5 heteroatoms. The molecule has 1 heterocycles. The number of esters is 1. The van der Waals surface area contributed by atoms with Gasteiger partial charge in [-0.1, -0.05) is 12.1 Å². The van der Waals surface area contributed by atoms with E-state index in [0.717, 1.165) is 32.5 Å². The normalized spacial score (nSPS) is 16.9. The molecule has 0 bridgehead atoms. The molecule has 1 saturated heterocycles. The Labute approximate surface area is 118 Å². The molecule has 110 valence electrons. The Morgan fingerprint density at radius 1 is 1.40 bits per heavy atom. The lowest BCUT2D eigenvalue weighted by Crippen LogP contribution is -2.40. The van der Waals surface area contributed by atoms with E-state index in [1.165, 1.54) is 13.2 Å². The van der Waals surface area contributed by atoms with Crippen molar-refractivity contribution in [3.8, 4) is 0 Å². The minimum Gasteiger partial charge on any atom is -0.469 e. The van der Waals surface area contributed by atoms with E-state index >= 15 is 0 Å². The first-order chi connectivity index (χ1) is 9.69. The summed E-state index contributed by atoms with van der Waals surface area (Å²) in [6.07, 6.45) is 2.34. The lowest BCUT2D eigenvalue weighted by atomic mass is 10.0. The molecule has 0 aliphatic carbocycles. The first kappa shape index (κ1) is 14.8. The van der Waals surface area contributed by atoms with Crippen molar-refractivity contribution < 1.29 is 13.9 Å². The molecular weight excluding hydrogens is 259 g/mol. The number of rotatable bonds is 5. The SMILES string of the molecule is COC(=O)CCN1CCC(Nc2ccccc2F)CC1. The van der Waals surface area contributed by atoms with Gasteiger partial charge >= 0.3 is 5.97 Å². The van der Waals surface area contributed by atoms with Crippen molar-refractivity contribution in [2.45, 2.75) is 25.3 Å². The van der Waals surface area contributed by atoms with Crippen LogP contribution in [-0.2, 0) is 9.53 Å². The Bertz CT molecular complexity index is 445. The van der Waals surface area contributed by atoms with Crippen molar-refractivity contribution in [3.63, 3.8) is 0 Å². The molecule has 0 spiro atoms. The average molecular weight is 280 g/mol. The summed E-state index contributed by atoms with van der Waals surface area (Å²) in [4.78, 5) is 13.3. The van der Waals surface area contributed by atoms with Gasteiger partial charge in [-0.3, -0.25) is 4.79 Å². The van der Waals surface area contributed by atoms with Gasteiger partial charge in [0.05, 0.1) is 19.2 Å². The molecular formula is C15H21FN2O2. The molecule has 0 radical (unpaired) electrons. The quantitative estimate of drug-likeness (QED) is 0.840. The van der Waals surface area contributed by atoms with Gasteiger partial charge in [0.2, 0.25) is 0 Å². The van der Waals surface area contributed by atoms with Crippen LogP contribution in [0.2, 0.25) is 0 Å². The first-order valence-corrected chi connectivity index (χ1v) is 6.99. The van der Waals surface area contributed by atoms with Crippen LogP contribution in [0.4, 0.5) is 10.1 Å². The van der Waals surface area contributed by atoms with Crippen molar-refractivity contribution in [2.75, 3.05) is 32.1 Å². The number of hydrogen-bond acceptors (Lipinski definition) is 4. The van der Waals surface area contributed by atoms with Gasteiger partial charge in [0, 0.05) is 25.7 Å². The molecule has 0 aromatic heterocycles. The number of piperidine rings is 1. The summed E-state index contributed by atoms with van der Waals surface area (Å²) in [6, 6.07) is 7.04. The minimum absolute atomic E-state index is 0.170. The lowest BCUT2D eigenvalue weighted by molar-refractivity contribution is -0.141. The van der Waals surface area contributed by atoms with Crippen LogP contribution in [0, 0.1) is 5.82 Å². The molecule has 20 heavy (non-hydrogen) atoms. The number of hydrogen-bond donors (Lipinski definition) is 1. The number of anilines is 1. The number of para-hydroxylation sites is 1. The molecule has 4 nitrogen and oxygen atoms in total. The summed E-state index contributed by atoms with van der Waals surface area (Å²) in [5, 5.41) is 3.25. The maximum atomic E-state index is 13.5. The van der Waals surface area contributed by atoms with Gasteiger partial charge in [-0.15, -0.1) is 0 Å². The van der Waals surface area contributed by atoms with E-state index in [1.54, 1.807) is 12.1 Å². The van der Waals surface area contributed by atoms with Gasteiger partial charge < -0.3 is 15.0 Å². The number of benzene rings is 1. The highest BCUT2D eigenvalue weighted by molar-refractivity contribution is 5.69. The zero-order valence-corrected chi connectivity index (χ0v) is 11.8. The highest BCUT2D eigenvalue weighted by Crippen LogP contribution is 2.19. The maximum Gasteiger partial charge on any atom is 0.306 e. The fourth-order valence-electron chi connectivity index (χ4n) is 2.45. The molecule has 1 aromatic rings. The standard InChI is InChI=1S/C15H21FN2O2/c1-20-15(19)8-11-18-9-6-12(7-10-18)17-14-5-3-2-4-13(14)16/h2-5,12,17H,6-11H2,1H3. The lowest BCUT2D eigenvalue weighted by Gasteiger charge is -2.32. The highest BCUT2D eigenvalue weighted by Gasteiger charge is 2.20. The van der Waals surface area contributed by atoms with E-state index in [9.17, 15) is 9.18 Å². The van der Waals surface area contributed by atoms with Crippen molar-refractivity contribution in [3.05, 3.63) is 30.1 Å². The van der Waals surface area contributed by atoms with Crippen LogP contribution in [0.3, 0.4) is 0 Å². The van der Waals surface area contributed by atoms with Crippen LogP contribution in [0.25, 0.3) is 0 Å². The van der Waals surface area contributed by atoms with Crippen molar-refractivity contribution in [1.29, 1.82) is 0 Å². The van der Waals surface area contributed by atoms with Crippen LogP contribution >= 0.6 is 0 Å². The molecule has 1 aliphatic heterocycles. The van der Waals surface area contributed by atoms with Gasteiger partial charge in [-0.2, -0.15) is 0 Å². The van der Waals surface area contributed by atoms with Crippen LogP contribution in [-0.4, -0.2) is 43.7 Å². The number of carbonyl (C=O) groups is 1. The summed E-state index contributed by atoms with van der Waals surface area (Å²) < 4.78 is 18.2. The number of likely N-dealkylation sites (tertiary alicyclic amines) is 1. The van der Waals surface area contributed by atoms with Gasteiger partial charge in [0.1, 0.15) is 5.82 Å². The Hall–Kier alpha value is -1.62. The van der Waals surface area contributed by atoms with Gasteiger partial charge in [-0.25, -0.2) is 4.39 Å². The Balaban J connectivity index is 1.74. The Kier molecular flexibility index (Phi) is 5.35. The smallest absolute Gasteiger partial charge is 0.306 e. The molecule has 1 aromatic carbocycles. The fourth-order valence-corrected chi connectivity index (χ4v) is 2.45. The number of carbonyl (C=O) groups excluding carboxylic acids is 1. The monoisotopic (exact) mass is 280 g/mol. The molecule has 1 aliphatic rings. The maximum absolute atomic E-state index is 13.5. The zero-order valence-electron chi connectivity index (χ0n) is 11.8. The third kappa shape index (κ3) is 4.20. The number of nitrogens with one attached hydrogen (secondary N) is 1. The Morgan fingerprint density at radius 3 is 2.75 bits per heavy atom. The third-order valence-corrected chi connectivity index (χ3v) is 3.68. The van der Waals surface area contributed by atoms with Gasteiger partial charge in [0.25, 0.3) is 0 Å². The fraction of sp³-hybridized carbons (Fsp3) is 0.533. The van der Waals surface area contributed by atoms with Gasteiger partial charge in [0.15, 0.2) is 0 Å². The second-order valence-corrected chi connectivity index (χ2v) is 5.07. The van der Waals surface area contributed by atoms with E-state index in [0.29, 0.717) is 18.2 Å². The van der Waals surface area contributed by atoms with E-state index in [4.69, 9.17) is 0 Å². The average Bonchev–Trinajstić information content (AvgIpc) is 2.48. The summed E-state index contributed by atoms with van der Waals surface area (Å²) >= 11 is 0. The van der Waals surface area contributed by atoms with Crippen LogP contribution in [0.5, 0.6) is 0 Å². The van der Waals surface area contributed by atoms with E-state index in [1.807, 2.05) is 6.07 Å². The van der Waals surface area contributed by atoms with Crippen LogP contribution < -0.4 is 5.32 Å². The zero-order chi connectivity index (χ0) is 14.4. The van der Waals surface area contributed by atoms with E-state index in [-0.39, 0.29) is 11.8 Å². The second kappa shape index (κ2) is 7.24. The number of nitrogens with zero attached hydrogens (tertiary/aromatic N) is 1. The van der Waals surface area contributed by atoms with Crippen molar-refractivity contribution in [1.82, 2.24) is 4.90 Å². The number of ether oxygens (including phenoxy) is 1. The topological polar surface area (TPSA) is 41.6 Å². The molecule has 1 N–H and O–H groups in total. The molecule has 1 fully saturated rings. The van der Waals surface area contributed by atoms with Gasteiger partial charge in [-0.05, 0) is 25.0 Å². The van der Waals surface area contributed by atoms with Crippen molar-refractivity contribution >= 4 is 11.7 Å². The number of halogens is 1. The second-order valence-electron chi connectivity index (χ2n) is 5.07.